The molecule has 0 aliphatic carbocycles. The van der Waals surface area contributed by atoms with Crippen LogP contribution in [0.1, 0.15) is 30.5 Å². The Morgan fingerprint density at radius 1 is 1.15 bits per heavy atom. The molecule has 0 amide bonds. The molecule has 214 valence electrons. The highest BCUT2D eigenvalue weighted by Gasteiger charge is 2.41. The van der Waals surface area contributed by atoms with Gasteiger partial charge in [-0.15, -0.1) is 11.8 Å². The second-order valence-electron chi connectivity index (χ2n) is 9.44. The van der Waals surface area contributed by atoms with Gasteiger partial charge in [-0.05, 0) is 36.8 Å². The Bertz CT molecular complexity index is 1320. The van der Waals surface area contributed by atoms with Crippen molar-refractivity contribution in [1.82, 2.24) is 14.8 Å². The fourth-order valence-corrected chi connectivity index (χ4v) is 5.55. The summed E-state index contributed by atoms with van der Waals surface area (Å²) in [5.74, 6) is -1.61. The molecule has 3 aromatic rings. The standard InChI is InChI=1S/C28H28F5N3O3S/c1-18(11-20-4-6-21(7-5-20)28(31,32)33)3-10-26-38-13-23(14-39-26)40-19(2)27(37,15-36-17-34-16-35-36)24-9-8-22(29)12-25(24)30/h3-12,16-17,19,23,26,37H,13-15H2,1-2H3/t19-,23-,26-,27-/m1/s1. The number of alkyl halides is 3. The average molecular weight is 582 g/mol. The van der Waals surface area contributed by atoms with E-state index in [1.54, 1.807) is 25.2 Å². The largest absolute Gasteiger partial charge is 0.416 e. The van der Waals surface area contributed by atoms with Crippen LogP contribution < -0.4 is 0 Å². The number of hydrogen-bond donors (Lipinski definition) is 1. The molecule has 0 unspecified atom stereocenters. The van der Waals surface area contributed by atoms with Crippen molar-refractivity contribution in [2.24, 2.45) is 0 Å². The summed E-state index contributed by atoms with van der Waals surface area (Å²) in [4.78, 5) is 3.87. The Morgan fingerprint density at radius 2 is 1.85 bits per heavy atom. The fourth-order valence-electron chi connectivity index (χ4n) is 4.24. The zero-order valence-corrected chi connectivity index (χ0v) is 22.5. The molecule has 0 radical (unpaired) electrons. The number of rotatable bonds is 9. The smallest absolute Gasteiger partial charge is 0.382 e. The van der Waals surface area contributed by atoms with Gasteiger partial charge in [0.2, 0.25) is 0 Å². The molecule has 1 N–H and O–H groups in total. The third-order valence-corrected chi connectivity index (χ3v) is 7.83. The van der Waals surface area contributed by atoms with Crippen LogP contribution >= 0.6 is 11.8 Å². The van der Waals surface area contributed by atoms with Gasteiger partial charge in [-0.2, -0.15) is 18.3 Å². The summed E-state index contributed by atoms with van der Waals surface area (Å²) in [7, 11) is 0. The Morgan fingerprint density at radius 3 is 2.45 bits per heavy atom. The predicted octanol–water partition coefficient (Wildman–Crippen LogP) is 5.99. The highest BCUT2D eigenvalue weighted by atomic mass is 32.2. The molecule has 0 spiro atoms. The van der Waals surface area contributed by atoms with Gasteiger partial charge in [0.1, 0.15) is 29.9 Å². The number of hydrogen-bond acceptors (Lipinski definition) is 6. The highest BCUT2D eigenvalue weighted by Crippen LogP contribution is 2.38. The van der Waals surface area contributed by atoms with Gasteiger partial charge in [-0.25, -0.2) is 18.4 Å². The number of allylic oxidation sites excluding steroid dienone is 2. The molecule has 4 rings (SSSR count). The highest BCUT2D eigenvalue weighted by molar-refractivity contribution is 8.00. The first-order valence-corrected chi connectivity index (χ1v) is 13.3. The summed E-state index contributed by atoms with van der Waals surface area (Å²) in [5, 5.41) is 14.9. The van der Waals surface area contributed by atoms with E-state index in [1.165, 1.54) is 47.3 Å². The van der Waals surface area contributed by atoms with Crippen LogP contribution in [0, 0.1) is 11.6 Å². The maximum absolute atomic E-state index is 14.8. The summed E-state index contributed by atoms with van der Waals surface area (Å²) in [6, 6.07) is 7.93. The molecule has 2 aromatic carbocycles. The molecule has 1 aromatic heterocycles. The number of ether oxygens (including phenoxy) is 2. The van der Waals surface area contributed by atoms with Gasteiger partial charge in [0.25, 0.3) is 0 Å². The first kappa shape index (κ1) is 29.9. The van der Waals surface area contributed by atoms with Crippen LogP contribution in [0.3, 0.4) is 0 Å². The summed E-state index contributed by atoms with van der Waals surface area (Å²) in [6.45, 7) is 4.02. The molecule has 1 saturated heterocycles. The third kappa shape index (κ3) is 7.57. The van der Waals surface area contributed by atoms with E-state index >= 15 is 0 Å². The lowest BCUT2D eigenvalue weighted by Crippen LogP contribution is -2.43. The van der Waals surface area contributed by atoms with Crippen LogP contribution in [-0.4, -0.2) is 49.9 Å². The lowest BCUT2D eigenvalue weighted by Gasteiger charge is -2.37. The van der Waals surface area contributed by atoms with Crippen LogP contribution in [0.4, 0.5) is 22.0 Å². The van der Waals surface area contributed by atoms with Gasteiger partial charge in [0.15, 0.2) is 6.29 Å². The zero-order valence-electron chi connectivity index (χ0n) is 21.7. The third-order valence-electron chi connectivity index (χ3n) is 6.38. The van der Waals surface area contributed by atoms with Crippen molar-refractivity contribution in [1.29, 1.82) is 0 Å². The van der Waals surface area contributed by atoms with Gasteiger partial charge in [-0.1, -0.05) is 42.8 Å². The topological polar surface area (TPSA) is 69.4 Å². The van der Waals surface area contributed by atoms with E-state index in [-0.39, 0.29) is 30.6 Å². The molecule has 0 bridgehead atoms. The Kier molecular flexibility index (Phi) is 9.44. The monoisotopic (exact) mass is 581 g/mol. The number of halogens is 5. The van der Waals surface area contributed by atoms with Gasteiger partial charge in [-0.3, -0.25) is 0 Å². The van der Waals surface area contributed by atoms with Gasteiger partial charge >= 0.3 is 6.18 Å². The van der Waals surface area contributed by atoms with E-state index in [0.717, 1.165) is 29.8 Å². The quantitative estimate of drug-likeness (QED) is 0.248. The van der Waals surface area contributed by atoms with E-state index in [0.29, 0.717) is 5.56 Å². The predicted molar refractivity (Wildman–Crippen MR) is 141 cm³/mol. The molecule has 40 heavy (non-hydrogen) atoms. The summed E-state index contributed by atoms with van der Waals surface area (Å²) < 4.78 is 79.5. The number of nitrogens with zero attached hydrogens (tertiary/aromatic N) is 3. The molecule has 1 fully saturated rings. The van der Waals surface area contributed by atoms with Crippen molar-refractivity contribution in [3.63, 3.8) is 0 Å². The number of benzene rings is 2. The SMILES string of the molecule is CC(C=C[C@H]1OC[C@H](S[C@H](C)[C@](O)(Cn2cncn2)c2ccc(F)cc2F)CO1)=Cc1ccc(C(F)(F)F)cc1. The maximum atomic E-state index is 14.8. The van der Waals surface area contributed by atoms with Crippen LogP contribution in [0.5, 0.6) is 0 Å². The van der Waals surface area contributed by atoms with Crippen LogP contribution in [0.15, 0.2) is 72.8 Å². The van der Waals surface area contributed by atoms with Crippen LogP contribution in [0.2, 0.25) is 0 Å². The first-order valence-electron chi connectivity index (χ1n) is 12.4. The Labute approximate surface area is 232 Å². The van der Waals surface area contributed by atoms with Crippen molar-refractivity contribution in [2.75, 3.05) is 13.2 Å². The van der Waals surface area contributed by atoms with Gasteiger partial charge in [0.05, 0.1) is 30.6 Å². The van der Waals surface area contributed by atoms with E-state index < -0.39 is 40.5 Å². The lowest BCUT2D eigenvalue weighted by atomic mass is 9.90. The molecule has 0 saturated carbocycles. The first-order chi connectivity index (χ1) is 18.9. The van der Waals surface area contributed by atoms with Gasteiger partial charge in [0, 0.05) is 16.9 Å². The summed E-state index contributed by atoms with van der Waals surface area (Å²) >= 11 is 1.35. The minimum Gasteiger partial charge on any atom is -0.382 e. The second-order valence-corrected chi connectivity index (χ2v) is 11.1. The molecule has 2 atom stereocenters. The van der Waals surface area contributed by atoms with E-state index in [4.69, 9.17) is 9.47 Å². The van der Waals surface area contributed by atoms with Crippen molar-refractivity contribution < 1.29 is 36.5 Å². The lowest BCUT2D eigenvalue weighted by molar-refractivity contribution is -0.146. The minimum absolute atomic E-state index is 0.0573. The molecule has 1 aliphatic rings. The Balaban J connectivity index is 1.36. The summed E-state index contributed by atoms with van der Waals surface area (Å²) in [5.41, 5.74) is -1.09. The minimum atomic E-state index is -4.38. The molecule has 6 nitrogen and oxygen atoms in total. The van der Waals surface area contributed by atoms with Crippen LogP contribution in [-0.2, 0) is 27.8 Å². The molecule has 2 heterocycles. The van der Waals surface area contributed by atoms with Crippen LogP contribution in [0.25, 0.3) is 6.08 Å². The van der Waals surface area contributed by atoms with E-state index in [1.807, 2.05) is 6.92 Å². The van der Waals surface area contributed by atoms with Crippen molar-refractivity contribution in [3.05, 3.63) is 101 Å². The zero-order chi connectivity index (χ0) is 28.9. The second kappa shape index (κ2) is 12.6. The number of aliphatic hydroxyl groups is 1. The maximum Gasteiger partial charge on any atom is 0.416 e. The fraction of sp³-hybridized carbons (Fsp3) is 0.357. The normalized spacial score (nSPS) is 20.9. The molecular weight excluding hydrogens is 553 g/mol. The van der Waals surface area contributed by atoms with Crippen molar-refractivity contribution >= 4 is 17.8 Å². The molecular formula is C28H28F5N3O3S. The number of aromatic nitrogens is 3. The van der Waals surface area contributed by atoms with Gasteiger partial charge < -0.3 is 14.6 Å². The van der Waals surface area contributed by atoms with Crippen molar-refractivity contribution in [3.8, 4) is 0 Å². The average Bonchev–Trinajstić information content (AvgIpc) is 3.40. The number of thioether (sulfide) groups is 1. The van der Waals surface area contributed by atoms with Crippen molar-refractivity contribution in [2.45, 2.75) is 49.0 Å². The summed E-state index contributed by atoms with van der Waals surface area (Å²) in [6.07, 6.45) is 2.89. The molecule has 1 aliphatic heterocycles. The van der Waals surface area contributed by atoms with E-state index in [9.17, 15) is 27.1 Å². The van der Waals surface area contributed by atoms with E-state index in [2.05, 4.69) is 10.1 Å². The Hall–Kier alpha value is -3.06. The molecule has 12 heteroatoms.